The van der Waals surface area contributed by atoms with Crippen LogP contribution >= 0.6 is 0 Å². The van der Waals surface area contributed by atoms with Crippen LogP contribution in [0.4, 0.5) is 0 Å². The average molecular weight is 126 g/mol. The molecule has 4 heteroatoms. The summed E-state index contributed by atoms with van der Waals surface area (Å²) in [6.07, 6.45) is 6.52. The summed E-state index contributed by atoms with van der Waals surface area (Å²) in [6, 6.07) is 0. The molecule has 1 N–H and O–H groups in total. The molecule has 0 aromatic carbocycles. The summed E-state index contributed by atoms with van der Waals surface area (Å²) < 4.78 is 0.590. The van der Waals surface area contributed by atoms with Crippen LogP contribution < -0.4 is 0 Å². The molecule has 1 aliphatic heterocycles. The van der Waals surface area contributed by atoms with E-state index in [9.17, 15) is 5.21 Å². The highest BCUT2D eigenvalue weighted by Crippen LogP contribution is 1.88. The van der Waals surface area contributed by atoms with Gasteiger partial charge in [0.2, 0.25) is 0 Å². The standard InChI is InChI=1S/C5H6N2O2/c8-6-2-1-3-7(9)5-4-6/h1-5,8H. The van der Waals surface area contributed by atoms with Crippen LogP contribution in [0, 0.1) is 5.21 Å². The van der Waals surface area contributed by atoms with Crippen LogP contribution in [0.2, 0.25) is 0 Å². The van der Waals surface area contributed by atoms with Gasteiger partial charge in [0.15, 0.2) is 12.4 Å². The maximum Gasteiger partial charge on any atom is 0.199 e. The van der Waals surface area contributed by atoms with Gasteiger partial charge >= 0.3 is 0 Å². The van der Waals surface area contributed by atoms with Crippen molar-refractivity contribution in [3.8, 4) is 0 Å². The fourth-order valence-electron chi connectivity index (χ4n) is 0.445. The van der Waals surface area contributed by atoms with Crippen LogP contribution in [0.5, 0.6) is 0 Å². The monoisotopic (exact) mass is 126 g/mol. The molecule has 48 valence electrons. The lowest BCUT2D eigenvalue weighted by atomic mass is 10.7. The van der Waals surface area contributed by atoms with Gasteiger partial charge in [-0.15, -0.1) is 0 Å². The number of hydrogen-bond donors (Lipinski definition) is 1. The SMILES string of the molecule is [O-][N+]1=CC=CN(O)C=C1. The Morgan fingerprint density at radius 3 is 3.00 bits per heavy atom. The largest absolute Gasteiger partial charge is 0.619 e. The lowest BCUT2D eigenvalue weighted by Gasteiger charge is -1.98. The molecule has 9 heavy (non-hydrogen) atoms. The van der Waals surface area contributed by atoms with Crippen molar-refractivity contribution >= 4 is 6.21 Å². The number of hydroxylamine groups is 3. The van der Waals surface area contributed by atoms with E-state index in [-0.39, 0.29) is 0 Å². The van der Waals surface area contributed by atoms with Gasteiger partial charge in [-0.2, -0.15) is 4.74 Å². The van der Waals surface area contributed by atoms with E-state index in [0.29, 0.717) is 4.74 Å². The second-order valence-electron chi connectivity index (χ2n) is 1.53. The molecule has 4 nitrogen and oxygen atoms in total. The quantitative estimate of drug-likeness (QED) is 0.374. The zero-order valence-electron chi connectivity index (χ0n) is 4.64. The minimum absolute atomic E-state index is 0.590. The second kappa shape index (κ2) is 2.32. The zero-order chi connectivity index (χ0) is 6.69. The van der Waals surface area contributed by atoms with E-state index in [2.05, 4.69) is 0 Å². The van der Waals surface area contributed by atoms with Crippen molar-refractivity contribution in [1.82, 2.24) is 5.06 Å². The maximum atomic E-state index is 10.4. The molecule has 0 aliphatic carbocycles. The van der Waals surface area contributed by atoms with Crippen LogP contribution in [-0.2, 0) is 0 Å². The van der Waals surface area contributed by atoms with Gasteiger partial charge in [-0.1, -0.05) is 0 Å². The predicted molar refractivity (Wildman–Crippen MR) is 31.6 cm³/mol. The van der Waals surface area contributed by atoms with E-state index in [0.717, 1.165) is 5.06 Å². The fraction of sp³-hybridized carbons (Fsp3) is 0. The van der Waals surface area contributed by atoms with Gasteiger partial charge in [-0.25, -0.2) is 5.06 Å². The molecular weight excluding hydrogens is 120 g/mol. The molecule has 0 aromatic rings. The highest BCUT2D eigenvalue weighted by molar-refractivity contribution is 5.66. The molecule has 0 radical (unpaired) electrons. The van der Waals surface area contributed by atoms with E-state index in [4.69, 9.17) is 5.21 Å². The zero-order valence-corrected chi connectivity index (χ0v) is 4.64. The summed E-state index contributed by atoms with van der Waals surface area (Å²) in [5.41, 5.74) is 0. The average Bonchev–Trinajstić information content (AvgIpc) is 1.97. The van der Waals surface area contributed by atoms with Crippen LogP contribution in [-0.4, -0.2) is 21.2 Å². The van der Waals surface area contributed by atoms with Crippen LogP contribution in [0.1, 0.15) is 0 Å². The number of nitrogens with zero attached hydrogens (tertiary/aromatic N) is 2. The van der Waals surface area contributed by atoms with E-state index in [1.165, 1.54) is 30.9 Å². The smallest absolute Gasteiger partial charge is 0.199 e. The van der Waals surface area contributed by atoms with Gasteiger partial charge in [0.1, 0.15) is 0 Å². The molecule has 1 rings (SSSR count). The van der Waals surface area contributed by atoms with Gasteiger partial charge in [-0.05, 0) is 0 Å². The molecular formula is C5H6N2O2. The van der Waals surface area contributed by atoms with Crippen molar-refractivity contribution in [3.05, 3.63) is 29.9 Å². The Balaban J connectivity index is 2.75. The van der Waals surface area contributed by atoms with E-state index < -0.39 is 0 Å². The van der Waals surface area contributed by atoms with E-state index >= 15 is 0 Å². The Hall–Kier alpha value is -1.29. The molecule has 0 spiro atoms. The Morgan fingerprint density at radius 1 is 1.44 bits per heavy atom. The third-order valence-electron chi connectivity index (χ3n) is 0.838. The highest BCUT2D eigenvalue weighted by Gasteiger charge is 1.91. The lowest BCUT2D eigenvalue weighted by molar-refractivity contribution is -0.373. The maximum absolute atomic E-state index is 10.4. The fourth-order valence-corrected chi connectivity index (χ4v) is 0.445. The van der Waals surface area contributed by atoms with Crippen molar-refractivity contribution in [2.24, 2.45) is 0 Å². The van der Waals surface area contributed by atoms with Crippen LogP contribution in [0.3, 0.4) is 0 Å². The topological polar surface area (TPSA) is 49.5 Å². The molecule has 0 atom stereocenters. The van der Waals surface area contributed by atoms with Crippen LogP contribution in [0.25, 0.3) is 0 Å². The normalized spacial score (nSPS) is 17.4. The summed E-state index contributed by atoms with van der Waals surface area (Å²) in [5.74, 6) is 0. The minimum Gasteiger partial charge on any atom is -0.619 e. The first-order chi connectivity index (χ1) is 4.29. The lowest BCUT2D eigenvalue weighted by Crippen LogP contribution is -1.99. The molecule has 1 aliphatic rings. The molecule has 0 saturated heterocycles. The summed E-state index contributed by atoms with van der Waals surface area (Å²) >= 11 is 0. The molecule has 0 fully saturated rings. The summed E-state index contributed by atoms with van der Waals surface area (Å²) in [4.78, 5) is 0. The van der Waals surface area contributed by atoms with Crippen molar-refractivity contribution in [3.63, 3.8) is 0 Å². The van der Waals surface area contributed by atoms with Crippen LogP contribution in [0.15, 0.2) is 24.7 Å². The van der Waals surface area contributed by atoms with Crippen molar-refractivity contribution in [1.29, 1.82) is 0 Å². The molecule has 0 saturated carbocycles. The predicted octanol–water partition coefficient (Wildman–Crippen LogP) is 0.257. The molecule has 1 heterocycles. The Kier molecular flexibility index (Phi) is 1.51. The third-order valence-corrected chi connectivity index (χ3v) is 0.838. The first-order valence-electron chi connectivity index (χ1n) is 2.42. The van der Waals surface area contributed by atoms with Crippen molar-refractivity contribution < 1.29 is 9.95 Å². The Morgan fingerprint density at radius 2 is 2.22 bits per heavy atom. The summed E-state index contributed by atoms with van der Waals surface area (Å²) in [7, 11) is 0. The van der Waals surface area contributed by atoms with Gasteiger partial charge in [0, 0.05) is 12.3 Å². The Bertz CT molecular complexity index is 183. The molecule has 0 unspecified atom stereocenters. The first-order valence-corrected chi connectivity index (χ1v) is 2.42. The van der Waals surface area contributed by atoms with Gasteiger partial charge in [0.05, 0.1) is 6.20 Å². The molecule has 0 aromatic heterocycles. The van der Waals surface area contributed by atoms with E-state index in [1.807, 2.05) is 0 Å². The third kappa shape index (κ3) is 1.58. The minimum atomic E-state index is 0.590. The van der Waals surface area contributed by atoms with Gasteiger partial charge in [0.25, 0.3) is 0 Å². The first kappa shape index (κ1) is 5.84. The molecule has 0 bridgehead atoms. The summed E-state index contributed by atoms with van der Waals surface area (Å²) in [6.45, 7) is 0. The molecule has 0 amide bonds. The van der Waals surface area contributed by atoms with Crippen molar-refractivity contribution in [2.45, 2.75) is 0 Å². The Labute approximate surface area is 52.2 Å². The second-order valence-corrected chi connectivity index (χ2v) is 1.53. The van der Waals surface area contributed by atoms with Gasteiger partial charge in [-0.3, -0.25) is 5.21 Å². The number of hydrogen-bond acceptors (Lipinski definition) is 3. The highest BCUT2D eigenvalue weighted by atomic mass is 16.5. The van der Waals surface area contributed by atoms with Gasteiger partial charge < -0.3 is 5.21 Å². The number of rotatable bonds is 0. The number of allylic oxidation sites excluding steroid dienone is 1. The van der Waals surface area contributed by atoms with Crippen molar-refractivity contribution in [2.75, 3.05) is 0 Å². The summed E-state index contributed by atoms with van der Waals surface area (Å²) in [5, 5.41) is 19.9. The van der Waals surface area contributed by atoms with E-state index in [1.54, 1.807) is 0 Å².